The van der Waals surface area contributed by atoms with Crippen molar-refractivity contribution < 1.29 is 28.3 Å². The Balaban J connectivity index is 1.17. The lowest BCUT2D eigenvalue weighted by atomic mass is 9.88. The molecule has 14 nitrogen and oxygen atoms in total. The van der Waals surface area contributed by atoms with E-state index >= 15 is 4.39 Å². The summed E-state index contributed by atoms with van der Waals surface area (Å²) < 4.78 is 24.5. The first-order valence-corrected chi connectivity index (χ1v) is 20.5. The largest absolute Gasteiger partial charge is 0.459 e. The molecule has 0 atom stereocenters. The topological polar surface area (TPSA) is 184 Å². The lowest BCUT2D eigenvalue weighted by molar-refractivity contribution is -0.155. The van der Waals surface area contributed by atoms with E-state index in [1.807, 2.05) is 30.1 Å². The molecule has 1 aliphatic carbocycles. The normalized spacial score (nSPS) is 16.1. The fourth-order valence-corrected chi connectivity index (χ4v) is 8.29. The van der Waals surface area contributed by atoms with Crippen molar-refractivity contribution >= 4 is 45.4 Å². The summed E-state index contributed by atoms with van der Waals surface area (Å²) in [4.78, 5) is 53.5. The molecule has 0 bridgehead atoms. The number of halogens is 1. The number of hydrogen-bond donors (Lipinski definition) is 3. The van der Waals surface area contributed by atoms with Gasteiger partial charge in [-0.05, 0) is 63.3 Å². The van der Waals surface area contributed by atoms with E-state index in [0.29, 0.717) is 60.3 Å². The molecule has 1 saturated carbocycles. The number of nitrogens with one attached hydrogen (secondary N) is 1. The van der Waals surface area contributed by atoms with Crippen LogP contribution in [0.4, 0.5) is 4.39 Å². The van der Waals surface area contributed by atoms with Gasteiger partial charge >= 0.3 is 5.97 Å². The molecular weight excluding hydrogens is 742 g/mol. The average Bonchev–Trinajstić information content (AvgIpc) is 3.59. The number of fused-ring (bicyclic) bond motifs is 2. The molecule has 15 heteroatoms. The molecule has 2 aromatic carbocycles. The zero-order valence-corrected chi connectivity index (χ0v) is 34.3. The smallest absolute Gasteiger partial charge is 0.327 e. The Morgan fingerprint density at radius 3 is 2.43 bits per heavy atom. The summed E-state index contributed by atoms with van der Waals surface area (Å²) >= 11 is 0. The van der Waals surface area contributed by atoms with Gasteiger partial charge in [-0.3, -0.25) is 28.5 Å². The fraction of sp³-hybridized carbons (Fsp3) is 0.535. The van der Waals surface area contributed by atoms with Crippen LogP contribution < -0.4 is 16.9 Å². The quantitative estimate of drug-likeness (QED) is 0.0630. The van der Waals surface area contributed by atoms with E-state index in [0.717, 1.165) is 34.4 Å². The van der Waals surface area contributed by atoms with E-state index in [2.05, 4.69) is 10.4 Å². The zero-order valence-electron chi connectivity index (χ0n) is 34.3. The minimum absolute atomic E-state index is 0.0112. The van der Waals surface area contributed by atoms with Gasteiger partial charge < -0.3 is 25.7 Å². The number of likely N-dealkylation sites (tertiary alicyclic amines) is 1. The van der Waals surface area contributed by atoms with Crippen molar-refractivity contribution in [2.24, 2.45) is 24.5 Å². The number of hydrogen-bond acceptors (Lipinski definition) is 10. The number of rotatable bonds is 14. The van der Waals surface area contributed by atoms with E-state index in [1.165, 1.54) is 37.9 Å². The number of benzene rings is 2. The van der Waals surface area contributed by atoms with Crippen LogP contribution in [0.2, 0.25) is 0 Å². The minimum Gasteiger partial charge on any atom is -0.459 e. The number of piperidine rings is 1. The first-order valence-electron chi connectivity index (χ1n) is 20.5. The summed E-state index contributed by atoms with van der Waals surface area (Å²) in [7, 11) is 1.81. The Hall–Kier alpha value is -5.31. The van der Waals surface area contributed by atoms with E-state index in [9.17, 15) is 19.2 Å². The second kappa shape index (κ2) is 18.5. The number of aromatic nitrogens is 4. The number of esters is 1. The summed E-state index contributed by atoms with van der Waals surface area (Å²) in [6, 6.07) is 8.82. The average molecular weight is 800 g/mol. The van der Waals surface area contributed by atoms with Crippen LogP contribution in [0.15, 0.2) is 48.4 Å². The number of ketones is 1. The molecule has 0 spiro atoms. The monoisotopic (exact) mass is 799 g/mol. The van der Waals surface area contributed by atoms with Gasteiger partial charge in [-0.1, -0.05) is 50.7 Å². The SMILES string of the molecule is Cn1ncc2cc(F)c(-c3cccc4c3c(C3CCN(C(=O)CCC(=O)CC5CCCCCC5)CC3)nn4CC(=O)NC/C(N)=C/N(N)CC(=O)OC(C)(C)C)cc21. The lowest BCUT2D eigenvalue weighted by Crippen LogP contribution is -2.38. The highest BCUT2D eigenvalue weighted by Crippen LogP contribution is 2.40. The van der Waals surface area contributed by atoms with Gasteiger partial charge in [0.1, 0.15) is 30.3 Å². The van der Waals surface area contributed by atoms with Crippen molar-refractivity contribution in [3.05, 3.63) is 59.9 Å². The van der Waals surface area contributed by atoms with Gasteiger partial charge in [0.25, 0.3) is 0 Å². The van der Waals surface area contributed by atoms with Crippen molar-refractivity contribution in [1.82, 2.24) is 34.8 Å². The molecule has 312 valence electrons. The summed E-state index contributed by atoms with van der Waals surface area (Å²) in [6.07, 6.45) is 12.4. The number of nitrogens with two attached hydrogens (primary N) is 2. The van der Waals surface area contributed by atoms with Crippen molar-refractivity contribution in [3.63, 3.8) is 0 Å². The molecule has 0 radical (unpaired) electrons. The van der Waals surface area contributed by atoms with Gasteiger partial charge in [-0.2, -0.15) is 10.2 Å². The maximum absolute atomic E-state index is 15.9. The van der Waals surface area contributed by atoms with E-state index in [4.69, 9.17) is 21.4 Å². The number of carbonyl (C=O) groups excluding carboxylic acids is 4. The molecule has 5 N–H and O–H groups in total. The Kier molecular flexibility index (Phi) is 13.5. The molecule has 58 heavy (non-hydrogen) atoms. The molecule has 1 aliphatic heterocycles. The number of ether oxygens (including phenoxy) is 1. The maximum Gasteiger partial charge on any atom is 0.327 e. The van der Waals surface area contributed by atoms with Gasteiger partial charge in [0.15, 0.2) is 0 Å². The highest BCUT2D eigenvalue weighted by Gasteiger charge is 2.30. The van der Waals surface area contributed by atoms with Crippen LogP contribution in [0.1, 0.15) is 103 Å². The van der Waals surface area contributed by atoms with Crippen LogP contribution in [-0.4, -0.2) is 84.8 Å². The number of aryl methyl sites for hydroxylation is 1. The zero-order chi connectivity index (χ0) is 41.6. The van der Waals surface area contributed by atoms with E-state index in [-0.39, 0.29) is 61.7 Å². The highest BCUT2D eigenvalue weighted by atomic mass is 19.1. The third-order valence-corrected chi connectivity index (χ3v) is 11.1. The van der Waals surface area contributed by atoms with Crippen molar-refractivity contribution in [1.29, 1.82) is 0 Å². The van der Waals surface area contributed by atoms with Gasteiger partial charge in [0.05, 0.1) is 29.5 Å². The van der Waals surface area contributed by atoms with Crippen LogP contribution in [0.5, 0.6) is 0 Å². The van der Waals surface area contributed by atoms with Gasteiger partial charge in [0.2, 0.25) is 11.8 Å². The molecule has 2 amide bonds. The Morgan fingerprint density at radius 2 is 1.72 bits per heavy atom. The lowest BCUT2D eigenvalue weighted by Gasteiger charge is -2.31. The summed E-state index contributed by atoms with van der Waals surface area (Å²) in [5, 5.41) is 14.6. The number of nitrogens with zero attached hydrogens (tertiary/aromatic N) is 6. The number of amides is 2. The summed E-state index contributed by atoms with van der Waals surface area (Å²) in [5.74, 6) is 5.18. The third-order valence-electron chi connectivity index (χ3n) is 11.1. The number of hydrazine groups is 1. The Morgan fingerprint density at radius 1 is 1.00 bits per heavy atom. The first-order chi connectivity index (χ1) is 27.6. The molecule has 0 unspecified atom stereocenters. The van der Waals surface area contributed by atoms with Crippen LogP contribution in [0.3, 0.4) is 0 Å². The molecular formula is C43H58FN9O5. The molecule has 4 aromatic rings. The van der Waals surface area contributed by atoms with Gasteiger partial charge in [0, 0.05) is 73.6 Å². The van der Waals surface area contributed by atoms with Crippen LogP contribution in [-0.2, 0) is 37.5 Å². The second-order valence-corrected chi connectivity index (χ2v) is 16.9. The molecule has 3 heterocycles. The molecule has 6 rings (SSSR count). The van der Waals surface area contributed by atoms with Crippen molar-refractivity contribution in [2.45, 2.75) is 109 Å². The first kappa shape index (κ1) is 42.3. The summed E-state index contributed by atoms with van der Waals surface area (Å²) in [5.41, 5.74) is 8.88. The Labute approximate surface area is 339 Å². The van der Waals surface area contributed by atoms with Gasteiger partial charge in [-0.25, -0.2) is 10.2 Å². The number of Topliss-reactive ketones (excluding diaryl/α,β-unsaturated/α-hetero) is 1. The predicted octanol–water partition coefficient (Wildman–Crippen LogP) is 5.58. The van der Waals surface area contributed by atoms with E-state index in [1.54, 1.807) is 42.4 Å². The van der Waals surface area contributed by atoms with Crippen LogP contribution in [0, 0.1) is 11.7 Å². The number of carbonyl (C=O) groups is 4. The summed E-state index contributed by atoms with van der Waals surface area (Å²) in [6.45, 7) is 5.88. The third kappa shape index (κ3) is 10.8. The molecule has 1 saturated heterocycles. The standard InChI is InChI=1S/C43H58FN9O5/c1-43(2,3)58-40(57)27-52(46)25-31(45)24-47-38(55)26-53-36-13-9-12-33(34-22-37-30(21-35(34)44)23-48-50(37)4)41(36)42(49-53)29-16-18-51(19-17-29)39(56)15-14-32(54)20-28-10-7-5-6-8-11-28/h9,12-13,21-23,25,28-29H,5-8,10-11,14-20,24,26-27,45-46H2,1-4H3,(H,47,55)/b31-25-. The Bertz CT molecular complexity index is 2150. The minimum atomic E-state index is -0.661. The predicted molar refractivity (Wildman–Crippen MR) is 220 cm³/mol. The van der Waals surface area contributed by atoms with Crippen LogP contribution >= 0.6 is 0 Å². The molecule has 2 fully saturated rings. The molecule has 2 aliphatic rings. The second-order valence-electron chi connectivity index (χ2n) is 16.9. The highest BCUT2D eigenvalue weighted by molar-refractivity contribution is 6.00. The van der Waals surface area contributed by atoms with Crippen molar-refractivity contribution in [2.75, 3.05) is 26.2 Å². The molecule has 2 aromatic heterocycles. The maximum atomic E-state index is 15.9. The van der Waals surface area contributed by atoms with Gasteiger partial charge in [-0.15, -0.1) is 0 Å². The van der Waals surface area contributed by atoms with Crippen molar-refractivity contribution in [3.8, 4) is 11.1 Å². The fourth-order valence-electron chi connectivity index (χ4n) is 8.29. The van der Waals surface area contributed by atoms with Crippen LogP contribution in [0.25, 0.3) is 32.9 Å². The van der Waals surface area contributed by atoms with E-state index < -0.39 is 17.4 Å².